The summed E-state index contributed by atoms with van der Waals surface area (Å²) in [4.78, 5) is 25.9. The lowest BCUT2D eigenvalue weighted by Crippen LogP contribution is -2.26. The monoisotopic (exact) mass is 242 g/mol. The molecular weight excluding hydrogens is 228 g/mol. The van der Waals surface area contributed by atoms with E-state index in [4.69, 9.17) is 0 Å². The average Bonchev–Trinajstić information content (AvgIpc) is 2.38. The van der Waals surface area contributed by atoms with Gasteiger partial charge in [-0.15, -0.1) is 0 Å². The summed E-state index contributed by atoms with van der Waals surface area (Å²) >= 11 is 0. The number of hydrogen-bond acceptors (Lipinski definition) is 2. The molecule has 0 saturated heterocycles. The minimum absolute atomic E-state index is 0.119. The maximum Gasteiger partial charge on any atom is 0.261 e. The number of benzene rings is 1. The number of pyridine rings is 1. The highest BCUT2D eigenvalue weighted by molar-refractivity contribution is 5.93. The third-order valence-electron chi connectivity index (χ3n) is 2.74. The van der Waals surface area contributed by atoms with Crippen molar-refractivity contribution in [2.24, 2.45) is 0 Å². The second-order valence-corrected chi connectivity index (χ2v) is 4.06. The zero-order valence-corrected chi connectivity index (χ0v) is 10.3. The molecule has 0 bridgehead atoms. The number of H-pyrrole nitrogens is 1. The number of amides is 1. The van der Waals surface area contributed by atoms with Crippen molar-refractivity contribution in [2.45, 2.75) is 6.92 Å². The van der Waals surface area contributed by atoms with Gasteiger partial charge in [-0.1, -0.05) is 29.8 Å². The summed E-state index contributed by atoms with van der Waals surface area (Å²) < 4.78 is 0. The molecule has 0 atom stereocenters. The molecule has 1 heterocycles. The molecule has 0 aliphatic carbocycles. The third kappa shape index (κ3) is 2.32. The molecule has 0 saturated carbocycles. The van der Waals surface area contributed by atoms with Gasteiger partial charge in [0.05, 0.1) is 0 Å². The Morgan fingerprint density at radius 3 is 2.33 bits per heavy atom. The van der Waals surface area contributed by atoms with Crippen LogP contribution in [0.5, 0.6) is 0 Å². The van der Waals surface area contributed by atoms with Gasteiger partial charge in [0.1, 0.15) is 5.56 Å². The number of aryl methyl sites for hydroxylation is 1. The van der Waals surface area contributed by atoms with Crippen LogP contribution in [0.3, 0.4) is 0 Å². The van der Waals surface area contributed by atoms with Crippen molar-refractivity contribution in [1.29, 1.82) is 0 Å². The molecule has 0 fully saturated rings. The number of aromatic nitrogens is 1. The molecule has 2 aromatic rings. The zero-order chi connectivity index (χ0) is 13.1. The largest absolute Gasteiger partial charge is 0.355 e. The van der Waals surface area contributed by atoms with Gasteiger partial charge in [-0.25, -0.2) is 0 Å². The molecule has 0 spiro atoms. The highest BCUT2D eigenvalue weighted by Gasteiger charge is 2.09. The molecule has 0 aliphatic rings. The van der Waals surface area contributed by atoms with E-state index in [-0.39, 0.29) is 17.0 Å². The summed E-state index contributed by atoms with van der Waals surface area (Å²) in [6.07, 6.45) is 0. The van der Waals surface area contributed by atoms with E-state index < -0.39 is 0 Å². The lowest BCUT2D eigenvalue weighted by Gasteiger charge is -2.04. The lowest BCUT2D eigenvalue weighted by molar-refractivity contribution is 0.0961. The maximum atomic E-state index is 11.8. The summed E-state index contributed by atoms with van der Waals surface area (Å²) in [6, 6.07) is 11.1. The van der Waals surface area contributed by atoms with E-state index in [0.29, 0.717) is 5.69 Å². The predicted molar refractivity (Wildman–Crippen MR) is 70.6 cm³/mol. The third-order valence-corrected chi connectivity index (χ3v) is 2.74. The van der Waals surface area contributed by atoms with E-state index in [1.807, 2.05) is 31.2 Å². The van der Waals surface area contributed by atoms with Crippen molar-refractivity contribution in [3.8, 4) is 11.3 Å². The van der Waals surface area contributed by atoms with Gasteiger partial charge < -0.3 is 10.3 Å². The summed E-state index contributed by atoms with van der Waals surface area (Å²) in [5.74, 6) is -0.383. The van der Waals surface area contributed by atoms with Crippen LogP contribution in [0.1, 0.15) is 15.9 Å². The quantitative estimate of drug-likeness (QED) is 0.842. The zero-order valence-electron chi connectivity index (χ0n) is 10.3. The minimum Gasteiger partial charge on any atom is -0.355 e. The van der Waals surface area contributed by atoms with Crippen LogP contribution in [0.15, 0.2) is 41.2 Å². The van der Waals surface area contributed by atoms with E-state index in [1.165, 1.54) is 13.1 Å². The second-order valence-electron chi connectivity index (χ2n) is 4.06. The van der Waals surface area contributed by atoms with Gasteiger partial charge in [-0.2, -0.15) is 0 Å². The van der Waals surface area contributed by atoms with Gasteiger partial charge in [-0.3, -0.25) is 9.59 Å². The van der Waals surface area contributed by atoms with Gasteiger partial charge in [0.2, 0.25) is 0 Å². The fourth-order valence-corrected chi connectivity index (χ4v) is 1.69. The lowest BCUT2D eigenvalue weighted by atomic mass is 10.1. The molecule has 1 aromatic carbocycles. The molecule has 4 heteroatoms. The average molecular weight is 242 g/mol. The number of carbonyl (C=O) groups excluding carboxylic acids is 1. The molecular formula is C14H14N2O2. The first-order valence-corrected chi connectivity index (χ1v) is 5.64. The molecule has 4 nitrogen and oxygen atoms in total. The normalized spacial score (nSPS) is 10.1. The number of aromatic amines is 1. The van der Waals surface area contributed by atoms with E-state index in [1.54, 1.807) is 6.07 Å². The van der Waals surface area contributed by atoms with Crippen LogP contribution in [0, 0.1) is 6.92 Å². The standard InChI is InChI=1S/C14H14N2O2/c1-9-3-5-10(6-4-9)12-8-7-11(13(17)15-2)14(18)16-12/h3-8H,1-2H3,(H,15,17)(H,16,18). The van der Waals surface area contributed by atoms with Crippen LogP contribution in [-0.2, 0) is 0 Å². The first-order chi connectivity index (χ1) is 8.61. The van der Waals surface area contributed by atoms with E-state index in [2.05, 4.69) is 10.3 Å². The van der Waals surface area contributed by atoms with Crippen molar-refractivity contribution in [3.05, 3.63) is 57.9 Å². The van der Waals surface area contributed by atoms with E-state index in [9.17, 15) is 9.59 Å². The maximum absolute atomic E-state index is 11.8. The highest BCUT2D eigenvalue weighted by Crippen LogP contribution is 2.16. The summed E-state index contributed by atoms with van der Waals surface area (Å²) in [6.45, 7) is 2.00. The van der Waals surface area contributed by atoms with Gasteiger partial charge in [-0.05, 0) is 24.6 Å². The number of nitrogens with one attached hydrogen (secondary N) is 2. The van der Waals surface area contributed by atoms with Crippen LogP contribution >= 0.6 is 0 Å². The van der Waals surface area contributed by atoms with Crippen molar-refractivity contribution in [1.82, 2.24) is 10.3 Å². The number of rotatable bonds is 2. The number of hydrogen-bond donors (Lipinski definition) is 2. The Morgan fingerprint density at radius 2 is 1.78 bits per heavy atom. The van der Waals surface area contributed by atoms with Crippen molar-refractivity contribution in [2.75, 3.05) is 7.05 Å². The molecule has 18 heavy (non-hydrogen) atoms. The fourth-order valence-electron chi connectivity index (χ4n) is 1.69. The Bertz CT molecular complexity index is 627. The summed E-state index contributed by atoms with van der Waals surface area (Å²) in [5.41, 5.74) is 2.51. The van der Waals surface area contributed by atoms with Crippen molar-refractivity contribution in [3.63, 3.8) is 0 Å². The Hall–Kier alpha value is -2.36. The first kappa shape index (κ1) is 12.1. The van der Waals surface area contributed by atoms with Crippen LogP contribution in [-0.4, -0.2) is 17.9 Å². The van der Waals surface area contributed by atoms with Crippen LogP contribution in [0.25, 0.3) is 11.3 Å². The Labute approximate surface area is 105 Å². The SMILES string of the molecule is CNC(=O)c1ccc(-c2ccc(C)cc2)[nH]c1=O. The molecule has 0 unspecified atom stereocenters. The molecule has 0 radical (unpaired) electrons. The van der Waals surface area contributed by atoms with Crippen molar-refractivity contribution < 1.29 is 4.79 Å². The smallest absolute Gasteiger partial charge is 0.261 e. The van der Waals surface area contributed by atoms with Crippen LogP contribution < -0.4 is 10.9 Å². The second kappa shape index (κ2) is 4.87. The van der Waals surface area contributed by atoms with Crippen LogP contribution in [0.4, 0.5) is 0 Å². The Morgan fingerprint density at radius 1 is 1.11 bits per heavy atom. The topological polar surface area (TPSA) is 62.0 Å². The van der Waals surface area contributed by atoms with E-state index >= 15 is 0 Å². The van der Waals surface area contributed by atoms with Crippen LogP contribution in [0.2, 0.25) is 0 Å². The van der Waals surface area contributed by atoms with Gasteiger partial charge >= 0.3 is 0 Å². The van der Waals surface area contributed by atoms with Gasteiger partial charge in [0, 0.05) is 12.7 Å². The predicted octanol–water partition coefficient (Wildman–Crippen LogP) is 1.71. The molecule has 92 valence electrons. The molecule has 1 aromatic heterocycles. The van der Waals surface area contributed by atoms with Crippen molar-refractivity contribution >= 4 is 5.91 Å². The summed E-state index contributed by atoms with van der Waals surface area (Å²) in [7, 11) is 1.50. The molecule has 1 amide bonds. The Balaban J connectivity index is 2.43. The Kier molecular flexibility index (Phi) is 3.28. The first-order valence-electron chi connectivity index (χ1n) is 5.64. The van der Waals surface area contributed by atoms with E-state index in [0.717, 1.165) is 11.1 Å². The number of carbonyl (C=O) groups is 1. The van der Waals surface area contributed by atoms with Gasteiger partial charge in [0.15, 0.2) is 0 Å². The molecule has 2 N–H and O–H groups in total. The molecule has 0 aliphatic heterocycles. The highest BCUT2D eigenvalue weighted by atomic mass is 16.2. The fraction of sp³-hybridized carbons (Fsp3) is 0.143. The summed E-state index contributed by atoms with van der Waals surface area (Å²) in [5, 5.41) is 2.43. The minimum atomic E-state index is -0.383. The van der Waals surface area contributed by atoms with Gasteiger partial charge in [0.25, 0.3) is 11.5 Å². The molecule has 2 rings (SSSR count).